The zero-order valence-corrected chi connectivity index (χ0v) is 21.3. The Hall–Kier alpha value is -3.15. The lowest BCUT2D eigenvalue weighted by molar-refractivity contribution is -0.191. The summed E-state index contributed by atoms with van der Waals surface area (Å²) in [4.78, 5) is 27.3. The van der Waals surface area contributed by atoms with Crippen molar-refractivity contribution >= 4 is 49.9 Å². The lowest BCUT2D eigenvalue weighted by atomic mass is 10.1. The summed E-state index contributed by atoms with van der Waals surface area (Å²) in [5.41, 5.74) is 5.10. The number of carboxylic acid groups (broad SMARTS) is 1. The van der Waals surface area contributed by atoms with Crippen molar-refractivity contribution in [3.05, 3.63) is 70.0 Å². The van der Waals surface area contributed by atoms with Crippen LogP contribution in [0.3, 0.4) is 0 Å². The van der Waals surface area contributed by atoms with Gasteiger partial charge in [-0.1, -0.05) is 28.1 Å². The van der Waals surface area contributed by atoms with Gasteiger partial charge in [0.2, 0.25) is 0 Å². The number of hydrogen-bond acceptors (Lipinski definition) is 3. The smallest absolute Gasteiger partial charge is 0.373 e. The summed E-state index contributed by atoms with van der Waals surface area (Å²) in [7, 11) is 0. The van der Waals surface area contributed by atoms with Crippen molar-refractivity contribution in [3.8, 4) is 0 Å². The predicted molar refractivity (Wildman–Crippen MR) is 134 cm³/mol. The molecule has 0 saturated heterocycles. The first-order valence-electron chi connectivity index (χ1n) is 10.6. The zero-order valence-electron chi connectivity index (χ0n) is 19.7. The Balaban J connectivity index is 0.000000210. The molecule has 0 unspecified atom stereocenters. The third-order valence-corrected chi connectivity index (χ3v) is 6.05. The number of aromatic nitrogens is 2. The van der Waals surface area contributed by atoms with Crippen LogP contribution in [0.2, 0.25) is 0 Å². The number of benzene rings is 2. The molecule has 0 atom stereocenters. The largest absolute Gasteiger partial charge is 0.478 e. The van der Waals surface area contributed by atoms with Crippen molar-refractivity contribution in [3.63, 3.8) is 0 Å². The molecule has 1 N–H and O–H groups in total. The number of carbonyl (C=O) groups excluding carboxylic acids is 2. The number of nitrogens with zero attached hydrogens (tertiary/aromatic N) is 2. The van der Waals surface area contributed by atoms with E-state index in [4.69, 9.17) is 14.7 Å². The molecule has 33 heavy (non-hydrogen) atoms. The van der Waals surface area contributed by atoms with Gasteiger partial charge < -0.3 is 14.2 Å². The third-order valence-electron chi connectivity index (χ3n) is 5.36. The molecule has 0 amide bonds. The SMILES string of the molecule is Cc1cc2c(Br)cccc2n1C(C)C.Cc1cc2c(C(=O)O)cccc2n1C(C)C.O=C=O. The van der Waals surface area contributed by atoms with Crippen LogP contribution >= 0.6 is 15.9 Å². The number of carbonyl (C=O) groups is 1. The first-order valence-corrected chi connectivity index (χ1v) is 11.4. The minimum atomic E-state index is -0.869. The average Bonchev–Trinajstić information content (AvgIpc) is 3.25. The molecule has 0 fully saturated rings. The summed E-state index contributed by atoms with van der Waals surface area (Å²) in [5.74, 6) is -0.869. The lowest BCUT2D eigenvalue weighted by Crippen LogP contribution is -2.02. The van der Waals surface area contributed by atoms with E-state index in [1.54, 1.807) is 12.1 Å². The molecule has 7 heteroatoms. The summed E-state index contributed by atoms with van der Waals surface area (Å²) < 4.78 is 5.69. The van der Waals surface area contributed by atoms with Crippen LogP contribution in [0.4, 0.5) is 0 Å². The molecule has 2 aromatic heterocycles. The predicted octanol–water partition coefficient (Wildman–Crippen LogP) is 6.94. The van der Waals surface area contributed by atoms with Gasteiger partial charge in [-0.2, -0.15) is 9.59 Å². The Kier molecular flexibility index (Phi) is 8.80. The van der Waals surface area contributed by atoms with Crippen LogP contribution in [-0.2, 0) is 9.59 Å². The highest BCUT2D eigenvalue weighted by atomic mass is 79.9. The Morgan fingerprint density at radius 2 is 1.27 bits per heavy atom. The number of carboxylic acids is 1. The highest BCUT2D eigenvalue weighted by Gasteiger charge is 2.14. The summed E-state index contributed by atoms with van der Waals surface area (Å²) in [6, 6.07) is 16.8. The van der Waals surface area contributed by atoms with E-state index < -0.39 is 5.97 Å². The maximum atomic E-state index is 11.1. The number of aryl methyl sites for hydroxylation is 2. The second kappa shape index (κ2) is 11.1. The molecule has 0 saturated carbocycles. The van der Waals surface area contributed by atoms with Gasteiger partial charge in [-0.05, 0) is 77.9 Å². The van der Waals surface area contributed by atoms with Gasteiger partial charge in [-0.25, -0.2) is 4.79 Å². The normalized spacial score (nSPS) is 10.6. The monoisotopic (exact) mass is 512 g/mol. The molecule has 2 aromatic carbocycles. The van der Waals surface area contributed by atoms with Crippen molar-refractivity contribution in [2.45, 2.75) is 53.6 Å². The van der Waals surface area contributed by atoms with Gasteiger partial charge in [0.05, 0.1) is 5.56 Å². The topological polar surface area (TPSA) is 81.3 Å². The fourth-order valence-corrected chi connectivity index (χ4v) is 4.76. The van der Waals surface area contributed by atoms with E-state index in [0.717, 1.165) is 16.6 Å². The van der Waals surface area contributed by atoms with E-state index in [9.17, 15) is 4.79 Å². The van der Waals surface area contributed by atoms with Crippen LogP contribution in [0.5, 0.6) is 0 Å². The Bertz CT molecular complexity index is 1310. The van der Waals surface area contributed by atoms with Crippen molar-refractivity contribution < 1.29 is 19.5 Å². The molecule has 0 spiro atoms. The van der Waals surface area contributed by atoms with Crippen LogP contribution in [0.1, 0.15) is 61.5 Å². The summed E-state index contributed by atoms with van der Waals surface area (Å²) >= 11 is 3.58. The molecule has 6 nitrogen and oxygen atoms in total. The number of fused-ring (bicyclic) bond motifs is 2. The molecule has 174 valence electrons. The van der Waals surface area contributed by atoms with Crippen molar-refractivity contribution in [1.82, 2.24) is 9.13 Å². The average molecular weight is 513 g/mol. The summed E-state index contributed by atoms with van der Waals surface area (Å²) in [6.07, 6.45) is 0.250. The highest BCUT2D eigenvalue weighted by Crippen LogP contribution is 2.29. The summed E-state index contributed by atoms with van der Waals surface area (Å²) in [5, 5.41) is 11.2. The second-order valence-electron chi connectivity index (χ2n) is 8.30. The van der Waals surface area contributed by atoms with Gasteiger partial charge in [0.1, 0.15) is 0 Å². The first kappa shape index (κ1) is 26.1. The fraction of sp³-hybridized carbons (Fsp3) is 0.308. The number of halogens is 1. The maximum Gasteiger partial charge on any atom is 0.373 e. The van der Waals surface area contributed by atoms with Crippen LogP contribution in [-0.4, -0.2) is 26.4 Å². The molecule has 0 aliphatic heterocycles. The molecule has 2 heterocycles. The molecule has 4 aromatic rings. The molecular weight excluding hydrogens is 484 g/mol. The van der Waals surface area contributed by atoms with Gasteiger partial charge in [0.25, 0.3) is 0 Å². The Morgan fingerprint density at radius 3 is 1.73 bits per heavy atom. The van der Waals surface area contributed by atoms with Crippen LogP contribution in [0.15, 0.2) is 53.0 Å². The Labute approximate surface area is 201 Å². The van der Waals surface area contributed by atoms with Crippen molar-refractivity contribution in [2.75, 3.05) is 0 Å². The molecule has 0 bridgehead atoms. The quantitative estimate of drug-likeness (QED) is 0.322. The van der Waals surface area contributed by atoms with Gasteiger partial charge in [-0.15, -0.1) is 0 Å². The number of aromatic carboxylic acids is 1. The molecule has 0 radical (unpaired) electrons. The fourth-order valence-electron chi connectivity index (χ4n) is 4.29. The van der Waals surface area contributed by atoms with Crippen molar-refractivity contribution in [2.24, 2.45) is 0 Å². The van der Waals surface area contributed by atoms with Gasteiger partial charge in [-0.3, -0.25) is 0 Å². The standard InChI is InChI=1S/C13H15NO2.C12H14BrN.CO2/c1-8(2)14-9(3)7-11-10(13(15)16)5-4-6-12(11)14;1-8(2)14-9(3)7-10-11(13)5-4-6-12(10)14;2-1-3/h4-8H,1-3H3,(H,15,16);4-8H,1-3H3;. The lowest BCUT2D eigenvalue weighted by Gasteiger charge is -2.12. The van der Waals surface area contributed by atoms with Crippen LogP contribution in [0.25, 0.3) is 21.8 Å². The molecular formula is C26H29BrN2O4. The maximum absolute atomic E-state index is 11.1. The number of hydrogen-bond donors (Lipinski definition) is 1. The van der Waals surface area contributed by atoms with E-state index in [0.29, 0.717) is 17.6 Å². The van der Waals surface area contributed by atoms with Gasteiger partial charge in [0, 0.05) is 49.8 Å². The zero-order chi connectivity index (χ0) is 24.9. The van der Waals surface area contributed by atoms with Gasteiger partial charge >= 0.3 is 12.1 Å². The van der Waals surface area contributed by atoms with E-state index in [-0.39, 0.29) is 6.15 Å². The van der Waals surface area contributed by atoms with Crippen molar-refractivity contribution in [1.29, 1.82) is 0 Å². The minimum absolute atomic E-state index is 0.250. The van der Waals surface area contributed by atoms with E-state index >= 15 is 0 Å². The summed E-state index contributed by atoms with van der Waals surface area (Å²) in [6.45, 7) is 12.8. The molecule has 4 rings (SSSR count). The highest BCUT2D eigenvalue weighted by molar-refractivity contribution is 9.10. The number of rotatable bonds is 3. The second-order valence-corrected chi connectivity index (χ2v) is 9.15. The molecule has 0 aliphatic carbocycles. The first-order chi connectivity index (χ1) is 15.5. The minimum Gasteiger partial charge on any atom is -0.478 e. The van der Waals surface area contributed by atoms with Gasteiger partial charge in [0.15, 0.2) is 0 Å². The van der Waals surface area contributed by atoms with Crippen LogP contribution < -0.4 is 0 Å². The van der Waals surface area contributed by atoms with E-state index in [1.165, 1.54) is 21.1 Å². The van der Waals surface area contributed by atoms with E-state index in [1.807, 2.05) is 19.1 Å². The molecule has 0 aliphatic rings. The Morgan fingerprint density at radius 1 is 0.848 bits per heavy atom. The van der Waals surface area contributed by atoms with E-state index in [2.05, 4.69) is 83.9 Å². The van der Waals surface area contributed by atoms with Crippen LogP contribution in [0, 0.1) is 13.8 Å². The third kappa shape index (κ3) is 5.62.